The normalized spacial score (nSPS) is 15.2. The molecule has 0 aliphatic carbocycles. The molecule has 6 heteroatoms. The van der Waals surface area contributed by atoms with E-state index in [1.54, 1.807) is 31.2 Å². The Bertz CT molecular complexity index is 463. The third-order valence-corrected chi connectivity index (χ3v) is 3.70. The summed E-state index contributed by atoms with van der Waals surface area (Å²) >= 11 is 1.53. The van der Waals surface area contributed by atoms with Crippen LogP contribution >= 0.6 is 11.8 Å². The second-order valence-electron chi connectivity index (χ2n) is 4.71. The molecule has 0 saturated carbocycles. The molecule has 2 atom stereocenters. The average Bonchev–Trinajstić information content (AvgIpc) is 2.43. The Labute approximate surface area is 122 Å². The molecule has 0 bridgehead atoms. The van der Waals surface area contributed by atoms with Crippen LogP contribution in [-0.4, -0.2) is 35.0 Å². The number of benzene rings is 1. The molecule has 1 rings (SSSR count). The lowest BCUT2D eigenvalue weighted by Gasteiger charge is -2.26. The minimum Gasteiger partial charge on any atom is -0.480 e. The molecular formula is C14H20N2O3S. The van der Waals surface area contributed by atoms with Crippen molar-refractivity contribution < 1.29 is 14.7 Å². The number of nitrogens with two attached hydrogens (primary N) is 1. The third-order valence-electron chi connectivity index (χ3n) is 3.06. The molecule has 5 nitrogen and oxygen atoms in total. The van der Waals surface area contributed by atoms with Crippen LogP contribution in [0.4, 0.5) is 0 Å². The molecular weight excluding hydrogens is 276 g/mol. The summed E-state index contributed by atoms with van der Waals surface area (Å²) in [7, 11) is 0. The number of carboxylic acids is 1. The second-order valence-corrected chi connectivity index (χ2v) is 5.70. The Balaban J connectivity index is 2.80. The lowest BCUT2D eigenvalue weighted by Crippen LogP contribution is -2.53. The van der Waals surface area contributed by atoms with E-state index in [-0.39, 0.29) is 0 Å². The van der Waals surface area contributed by atoms with Gasteiger partial charge in [0.15, 0.2) is 0 Å². The van der Waals surface area contributed by atoms with Crippen molar-refractivity contribution >= 4 is 23.6 Å². The van der Waals surface area contributed by atoms with Crippen LogP contribution in [0, 0.1) is 0 Å². The van der Waals surface area contributed by atoms with Crippen molar-refractivity contribution in [2.75, 3.05) is 12.0 Å². The predicted octanol–water partition coefficient (Wildman–Crippen LogP) is 1.18. The number of thioether (sulfide) groups is 1. The van der Waals surface area contributed by atoms with Gasteiger partial charge in [-0.25, -0.2) is 4.79 Å². The zero-order valence-corrected chi connectivity index (χ0v) is 12.4. The zero-order valence-electron chi connectivity index (χ0n) is 11.6. The first-order valence-corrected chi connectivity index (χ1v) is 7.66. The number of amides is 1. The maximum absolute atomic E-state index is 12.2. The van der Waals surface area contributed by atoms with Gasteiger partial charge >= 0.3 is 5.97 Å². The summed E-state index contributed by atoms with van der Waals surface area (Å²) in [6, 6.07) is 7.98. The molecule has 0 aromatic heterocycles. The minimum atomic E-state index is -1.26. The smallest absolute Gasteiger partial charge is 0.326 e. The van der Waals surface area contributed by atoms with Crippen molar-refractivity contribution in [1.82, 2.24) is 5.32 Å². The summed E-state index contributed by atoms with van der Waals surface area (Å²) in [5, 5.41) is 11.6. The Morgan fingerprint density at radius 3 is 2.50 bits per heavy atom. The van der Waals surface area contributed by atoms with Crippen LogP contribution < -0.4 is 11.1 Å². The number of hydrogen-bond acceptors (Lipinski definition) is 4. The Morgan fingerprint density at radius 1 is 1.40 bits per heavy atom. The number of carbonyl (C=O) groups is 2. The van der Waals surface area contributed by atoms with E-state index < -0.39 is 23.5 Å². The van der Waals surface area contributed by atoms with E-state index in [2.05, 4.69) is 5.32 Å². The highest BCUT2D eigenvalue weighted by molar-refractivity contribution is 7.98. The first-order chi connectivity index (χ1) is 9.39. The first kappa shape index (κ1) is 16.5. The second kappa shape index (κ2) is 7.31. The van der Waals surface area contributed by atoms with Gasteiger partial charge in [-0.3, -0.25) is 4.79 Å². The number of aliphatic carboxylic acids is 1. The predicted molar refractivity (Wildman–Crippen MR) is 80.5 cm³/mol. The summed E-state index contributed by atoms with van der Waals surface area (Å²) < 4.78 is 0. The molecule has 20 heavy (non-hydrogen) atoms. The summed E-state index contributed by atoms with van der Waals surface area (Å²) in [6.45, 7) is 1.57. The SMILES string of the molecule is CSCC[C@H](NC(=O)C(C)(N)c1ccccc1)C(=O)O. The van der Waals surface area contributed by atoms with Gasteiger partial charge in [-0.15, -0.1) is 0 Å². The lowest BCUT2D eigenvalue weighted by atomic mass is 9.92. The van der Waals surface area contributed by atoms with Crippen molar-refractivity contribution in [3.63, 3.8) is 0 Å². The highest BCUT2D eigenvalue weighted by Crippen LogP contribution is 2.18. The van der Waals surface area contributed by atoms with Gasteiger partial charge in [0.05, 0.1) is 0 Å². The van der Waals surface area contributed by atoms with Crippen LogP contribution in [0.5, 0.6) is 0 Å². The first-order valence-electron chi connectivity index (χ1n) is 6.26. The fourth-order valence-corrected chi connectivity index (χ4v) is 2.19. The van der Waals surface area contributed by atoms with Gasteiger partial charge in [0.2, 0.25) is 5.91 Å². The van der Waals surface area contributed by atoms with Gasteiger partial charge in [0, 0.05) is 0 Å². The van der Waals surface area contributed by atoms with Crippen LogP contribution in [0.2, 0.25) is 0 Å². The average molecular weight is 296 g/mol. The van der Waals surface area contributed by atoms with Gasteiger partial charge in [0.25, 0.3) is 0 Å². The summed E-state index contributed by atoms with van der Waals surface area (Å²) in [5.74, 6) is -0.877. The van der Waals surface area contributed by atoms with E-state index in [9.17, 15) is 9.59 Å². The Kier molecular flexibility index (Phi) is 6.04. The summed E-state index contributed by atoms with van der Waals surface area (Å²) in [4.78, 5) is 23.4. The number of rotatable bonds is 7. The monoisotopic (exact) mass is 296 g/mol. The molecule has 1 amide bonds. The van der Waals surface area contributed by atoms with Crippen molar-refractivity contribution in [2.45, 2.75) is 24.9 Å². The van der Waals surface area contributed by atoms with E-state index >= 15 is 0 Å². The summed E-state index contributed by atoms with van der Waals surface area (Å²) in [5.41, 5.74) is 5.44. The molecule has 0 aliphatic rings. The van der Waals surface area contributed by atoms with Crippen molar-refractivity contribution in [1.29, 1.82) is 0 Å². The number of nitrogens with one attached hydrogen (secondary N) is 1. The van der Waals surface area contributed by atoms with Crippen molar-refractivity contribution in [3.8, 4) is 0 Å². The topological polar surface area (TPSA) is 92.4 Å². The van der Waals surface area contributed by atoms with Gasteiger partial charge in [-0.05, 0) is 30.9 Å². The molecule has 0 saturated heterocycles. The maximum Gasteiger partial charge on any atom is 0.326 e. The van der Waals surface area contributed by atoms with Crippen LogP contribution in [0.3, 0.4) is 0 Å². The molecule has 0 spiro atoms. The number of hydrogen-bond donors (Lipinski definition) is 3. The van der Waals surface area contributed by atoms with Crippen LogP contribution in [0.15, 0.2) is 30.3 Å². The Morgan fingerprint density at radius 2 is 2.00 bits per heavy atom. The molecule has 1 aromatic rings. The number of carbonyl (C=O) groups excluding carboxylic acids is 1. The molecule has 4 N–H and O–H groups in total. The van der Waals surface area contributed by atoms with Crippen LogP contribution in [-0.2, 0) is 15.1 Å². The fourth-order valence-electron chi connectivity index (χ4n) is 1.72. The van der Waals surface area contributed by atoms with Crippen molar-refractivity contribution in [3.05, 3.63) is 35.9 Å². The Hall–Kier alpha value is -1.53. The van der Waals surface area contributed by atoms with Gasteiger partial charge < -0.3 is 16.2 Å². The number of carboxylic acid groups (broad SMARTS) is 1. The fraction of sp³-hybridized carbons (Fsp3) is 0.429. The molecule has 1 unspecified atom stereocenters. The largest absolute Gasteiger partial charge is 0.480 e. The maximum atomic E-state index is 12.2. The van der Waals surface area contributed by atoms with E-state index in [0.29, 0.717) is 17.7 Å². The molecule has 0 fully saturated rings. The summed E-state index contributed by atoms with van der Waals surface area (Å²) in [6.07, 6.45) is 2.25. The van der Waals surface area contributed by atoms with E-state index in [1.807, 2.05) is 12.3 Å². The molecule has 110 valence electrons. The standard InChI is InChI=1S/C14H20N2O3S/c1-14(15,10-6-4-3-5-7-10)13(19)16-11(12(17)18)8-9-20-2/h3-7,11H,8-9,15H2,1-2H3,(H,16,19)(H,17,18)/t11-,14?/m0/s1. The van der Waals surface area contributed by atoms with E-state index in [4.69, 9.17) is 10.8 Å². The third kappa shape index (κ3) is 4.25. The van der Waals surface area contributed by atoms with Gasteiger partial charge in [0.1, 0.15) is 11.6 Å². The van der Waals surface area contributed by atoms with Gasteiger partial charge in [-0.2, -0.15) is 11.8 Å². The van der Waals surface area contributed by atoms with E-state index in [0.717, 1.165) is 0 Å². The molecule has 0 radical (unpaired) electrons. The molecule has 1 aromatic carbocycles. The van der Waals surface area contributed by atoms with Crippen LogP contribution in [0.1, 0.15) is 18.9 Å². The van der Waals surface area contributed by atoms with Gasteiger partial charge in [-0.1, -0.05) is 30.3 Å². The highest BCUT2D eigenvalue weighted by atomic mass is 32.2. The minimum absolute atomic E-state index is 0.368. The van der Waals surface area contributed by atoms with Crippen LogP contribution in [0.25, 0.3) is 0 Å². The van der Waals surface area contributed by atoms with E-state index in [1.165, 1.54) is 11.8 Å². The zero-order chi connectivity index (χ0) is 15.2. The molecule has 0 heterocycles. The lowest BCUT2D eigenvalue weighted by molar-refractivity contribution is -0.142. The quantitative estimate of drug-likeness (QED) is 0.702. The molecule has 0 aliphatic heterocycles. The van der Waals surface area contributed by atoms with Crippen molar-refractivity contribution in [2.24, 2.45) is 5.73 Å². The highest BCUT2D eigenvalue weighted by Gasteiger charge is 2.33.